The van der Waals surface area contributed by atoms with E-state index in [-0.39, 0.29) is 23.7 Å². The molecule has 2 saturated heterocycles. The van der Waals surface area contributed by atoms with E-state index in [1.165, 1.54) is 20.1 Å². The van der Waals surface area contributed by atoms with Crippen molar-refractivity contribution in [3.63, 3.8) is 0 Å². The van der Waals surface area contributed by atoms with E-state index in [1.807, 2.05) is 19.1 Å². The molecule has 2 bridgehead atoms. The molecule has 6 heteroatoms. The molecule has 3 aliphatic rings. The third-order valence-electron chi connectivity index (χ3n) is 5.16. The molecule has 0 unspecified atom stereocenters. The van der Waals surface area contributed by atoms with Crippen molar-refractivity contribution in [2.24, 2.45) is 11.8 Å². The Morgan fingerprint density at radius 3 is 2.67 bits per heavy atom. The molecule has 1 aromatic rings. The summed E-state index contributed by atoms with van der Waals surface area (Å²) in [5.41, 5.74) is -0.00738. The molecule has 2 amide bonds. The van der Waals surface area contributed by atoms with Gasteiger partial charge >= 0.3 is 0 Å². The number of Topliss-reactive ketones (excluding diaryl/α,β-unsaturated/α-hetero) is 1. The minimum absolute atomic E-state index is 0.143. The van der Waals surface area contributed by atoms with Crippen LogP contribution in [0.1, 0.15) is 24.2 Å². The fourth-order valence-corrected chi connectivity index (χ4v) is 3.97. The summed E-state index contributed by atoms with van der Waals surface area (Å²) in [6.45, 7) is 3.26. The predicted octanol–water partition coefficient (Wildman–Crippen LogP) is 1.73. The molecule has 3 heterocycles. The molecule has 24 heavy (non-hydrogen) atoms. The number of ether oxygens (including phenoxy) is 2. The number of fused-ring (bicyclic) bond motifs is 5. The molecular weight excluding hydrogens is 310 g/mol. The third-order valence-corrected chi connectivity index (χ3v) is 5.16. The fourth-order valence-electron chi connectivity index (χ4n) is 3.97. The monoisotopic (exact) mass is 327 g/mol. The molecule has 0 N–H and O–H groups in total. The number of ketones is 1. The first kappa shape index (κ1) is 15.1. The molecule has 0 saturated carbocycles. The Morgan fingerprint density at radius 1 is 1.29 bits per heavy atom. The van der Waals surface area contributed by atoms with E-state index >= 15 is 0 Å². The second-order valence-electron chi connectivity index (χ2n) is 6.58. The summed E-state index contributed by atoms with van der Waals surface area (Å²) < 4.78 is 11.1. The lowest BCUT2D eigenvalue weighted by atomic mass is 9.78. The second-order valence-corrected chi connectivity index (χ2v) is 6.58. The summed E-state index contributed by atoms with van der Waals surface area (Å²) in [5, 5.41) is 0. The first-order valence-corrected chi connectivity index (χ1v) is 7.81. The average molecular weight is 327 g/mol. The number of benzene rings is 1. The highest BCUT2D eigenvalue weighted by molar-refractivity contribution is 6.24. The van der Waals surface area contributed by atoms with Gasteiger partial charge in [-0.3, -0.25) is 14.4 Å². The standard InChI is InChI=1S/C18H17NO5/c1-9(20)10-4-5-12(23-3)11(8-10)19-16(21)14-13-6-7-18(2,24-13)15(14)17(19)22/h4-8,13-15H,1-3H3/t13-,14-,15+,18-/m1/s1. The van der Waals surface area contributed by atoms with E-state index in [9.17, 15) is 14.4 Å². The van der Waals surface area contributed by atoms with E-state index in [2.05, 4.69) is 0 Å². The van der Waals surface area contributed by atoms with E-state index < -0.39 is 17.4 Å². The van der Waals surface area contributed by atoms with Crippen LogP contribution in [0.5, 0.6) is 5.75 Å². The second kappa shape index (κ2) is 4.77. The zero-order chi connectivity index (χ0) is 17.2. The molecule has 0 aliphatic carbocycles. The number of rotatable bonds is 3. The number of hydrogen-bond donors (Lipinski definition) is 0. The van der Waals surface area contributed by atoms with Gasteiger partial charge in [-0.25, -0.2) is 4.90 Å². The summed E-state index contributed by atoms with van der Waals surface area (Å²) in [6.07, 6.45) is 3.33. The lowest BCUT2D eigenvalue weighted by Gasteiger charge is -2.24. The van der Waals surface area contributed by atoms with Crippen LogP contribution in [0.25, 0.3) is 0 Å². The Hall–Kier alpha value is -2.47. The largest absolute Gasteiger partial charge is 0.495 e. The predicted molar refractivity (Wildman–Crippen MR) is 84.9 cm³/mol. The first-order chi connectivity index (χ1) is 11.4. The number of amides is 2. The van der Waals surface area contributed by atoms with E-state index in [1.54, 1.807) is 12.1 Å². The Morgan fingerprint density at radius 2 is 2.04 bits per heavy atom. The van der Waals surface area contributed by atoms with Gasteiger partial charge in [0, 0.05) is 5.56 Å². The number of carbonyl (C=O) groups is 3. The zero-order valence-corrected chi connectivity index (χ0v) is 13.6. The van der Waals surface area contributed by atoms with Crippen molar-refractivity contribution >= 4 is 23.3 Å². The van der Waals surface area contributed by atoms with E-state index in [4.69, 9.17) is 9.47 Å². The lowest BCUT2D eigenvalue weighted by Crippen LogP contribution is -2.38. The van der Waals surface area contributed by atoms with Crippen LogP contribution in [0.2, 0.25) is 0 Å². The maximum absolute atomic E-state index is 13.0. The van der Waals surface area contributed by atoms with Crippen LogP contribution in [0.4, 0.5) is 5.69 Å². The Balaban J connectivity index is 1.82. The summed E-state index contributed by atoms with van der Waals surface area (Å²) in [6, 6.07) is 4.76. The highest BCUT2D eigenvalue weighted by atomic mass is 16.5. The van der Waals surface area contributed by atoms with Crippen LogP contribution in [-0.4, -0.2) is 36.4 Å². The van der Waals surface area contributed by atoms with Crippen molar-refractivity contribution in [1.82, 2.24) is 0 Å². The third kappa shape index (κ3) is 1.77. The molecule has 0 radical (unpaired) electrons. The van der Waals surface area contributed by atoms with Crippen molar-refractivity contribution in [2.75, 3.05) is 12.0 Å². The Labute approximate surface area is 139 Å². The van der Waals surface area contributed by atoms with Gasteiger partial charge < -0.3 is 9.47 Å². The van der Waals surface area contributed by atoms with Gasteiger partial charge in [0.05, 0.1) is 36.3 Å². The van der Waals surface area contributed by atoms with Gasteiger partial charge in [0.15, 0.2) is 5.78 Å². The summed E-state index contributed by atoms with van der Waals surface area (Å²) in [7, 11) is 1.47. The van der Waals surface area contributed by atoms with E-state index in [0.717, 1.165) is 4.90 Å². The average Bonchev–Trinajstić information content (AvgIpc) is 3.15. The highest BCUT2D eigenvalue weighted by Crippen LogP contribution is 2.53. The number of nitrogens with zero attached hydrogens (tertiary/aromatic N) is 1. The molecule has 2 fully saturated rings. The number of imide groups is 1. The molecule has 0 spiro atoms. The van der Waals surface area contributed by atoms with Gasteiger partial charge in [-0.2, -0.15) is 0 Å². The van der Waals surface area contributed by atoms with Gasteiger partial charge in [0.1, 0.15) is 5.75 Å². The normalized spacial score (nSPS) is 33.3. The van der Waals surface area contributed by atoms with Crippen molar-refractivity contribution in [1.29, 1.82) is 0 Å². The molecule has 0 aromatic heterocycles. The van der Waals surface area contributed by atoms with Crippen LogP contribution in [-0.2, 0) is 14.3 Å². The van der Waals surface area contributed by atoms with Crippen molar-refractivity contribution in [2.45, 2.75) is 25.6 Å². The fraction of sp³-hybridized carbons (Fsp3) is 0.389. The van der Waals surface area contributed by atoms with Gasteiger partial charge in [-0.1, -0.05) is 12.2 Å². The molecule has 1 aromatic carbocycles. The van der Waals surface area contributed by atoms with Crippen LogP contribution >= 0.6 is 0 Å². The molecule has 4 atom stereocenters. The summed E-state index contributed by atoms with van der Waals surface area (Å²) >= 11 is 0. The smallest absolute Gasteiger partial charge is 0.241 e. The van der Waals surface area contributed by atoms with Crippen LogP contribution in [0, 0.1) is 11.8 Å². The number of methoxy groups -OCH3 is 1. The lowest BCUT2D eigenvalue weighted by molar-refractivity contribution is -0.126. The van der Waals surface area contributed by atoms with E-state index in [0.29, 0.717) is 17.0 Å². The van der Waals surface area contributed by atoms with Crippen molar-refractivity contribution < 1.29 is 23.9 Å². The van der Waals surface area contributed by atoms with Gasteiger partial charge in [0.2, 0.25) is 11.8 Å². The first-order valence-electron chi connectivity index (χ1n) is 7.81. The van der Waals surface area contributed by atoms with Gasteiger partial charge in [-0.05, 0) is 32.0 Å². The quantitative estimate of drug-likeness (QED) is 0.480. The Bertz CT molecular complexity index is 814. The number of hydrogen-bond acceptors (Lipinski definition) is 5. The topological polar surface area (TPSA) is 72.9 Å². The number of anilines is 1. The van der Waals surface area contributed by atoms with Gasteiger partial charge in [0.25, 0.3) is 0 Å². The van der Waals surface area contributed by atoms with Crippen LogP contribution < -0.4 is 9.64 Å². The molecule has 124 valence electrons. The summed E-state index contributed by atoms with van der Waals surface area (Å²) in [5.74, 6) is -1.42. The summed E-state index contributed by atoms with van der Waals surface area (Å²) in [4.78, 5) is 38.8. The van der Waals surface area contributed by atoms with Crippen molar-refractivity contribution in [3.05, 3.63) is 35.9 Å². The maximum Gasteiger partial charge on any atom is 0.241 e. The van der Waals surface area contributed by atoms with Crippen molar-refractivity contribution in [3.8, 4) is 5.75 Å². The molecule has 3 aliphatic heterocycles. The van der Waals surface area contributed by atoms with Gasteiger partial charge in [-0.15, -0.1) is 0 Å². The number of carbonyl (C=O) groups excluding carboxylic acids is 3. The SMILES string of the molecule is COc1ccc(C(C)=O)cc1N1C(=O)[C@H]2[C@@H](C1=O)[C@@]1(C)C=C[C@H]2O1. The molecular formula is C18H17NO5. The molecule has 6 nitrogen and oxygen atoms in total. The minimum Gasteiger partial charge on any atom is -0.495 e. The van der Waals surface area contributed by atoms with Crippen LogP contribution in [0.3, 0.4) is 0 Å². The minimum atomic E-state index is -0.748. The highest BCUT2D eigenvalue weighted by Gasteiger charge is 2.66. The van der Waals surface area contributed by atoms with Crippen LogP contribution in [0.15, 0.2) is 30.4 Å². The Kier molecular flexibility index (Phi) is 3.00. The zero-order valence-electron chi connectivity index (χ0n) is 13.6. The maximum atomic E-state index is 13.0. The molecule has 4 rings (SSSR count).